The molecule has 9 heteroatoms. The van der Waals surface area contributed by atoms with Crippen LogP contribution in [-0.2, 0) is 34.3 Å². The van der Waals surface area contributed by atoms with Crippen molar-refractivity contribution in [1.29, 1.82) is 0 Å². The van der Waals surface area contributed by atoms with Crippen LogP contribution >= 0.6 is 22.9 Å². The summed E-state index contributed by atoms with van der Waals surface area (Å²) in [4.78, 5) is 14.6. The number of nitrogens with one attached hydrogen (secondary N) is 2. The monoisotopic (exact) mass is 475 g/mol. The molecule has 5 rings (SSSR count). The molecule has 0 aliphatic carbocycles. The molecule has 1 saturated heterocycles. The van der Waals surface area contributed by atoms with Gasteiger partial charge in [-0.05, 0) is 59.7 Å². The Hall–Kier alpha value is -1.97. The fraction of sp³-hybridized carbons (Fsp3) is 0.318. The first kappa shape index (κ1) is 20.9. The highest BCUT2D eigenvalue weighted by atomic mass is 35.5. The summed E-state index contributed by atoms with van der Waals surface area (Å²) in [5.41, 5.74) is 3.70. The third kappa shape index (κ3) is 4.23. The lowest BCUT2D eigenvalue weighted by Gasteiger charge is -2.21. The summed E-state index contributed by atoms with van der Waals surface area (Å²) in [7, 11) is -3.79. The summed E-state index contributed by atoms with van der Waals surface area (Å²) in [6, 6.07) is 12.5. The lowest BCUT2D eigenvalue weighted by Crippen LogP contribution is -2.41. The Labute approximate surface area is 190 Å². The number of hydrogen-bond acceptors (Lipinski definition) is 5. The highest BCUT2D eigenvalue weighted by molar-refractivity contribution is 7.91. The number of sulfonamides is 1. The van der Waals surface area contributed by atoms with Crippen LogP contribution in [0.1, 0.15) is 23.1 Å². The Kier molecular flexibility index (Phi) is 5.52. The third-order valence-corrected chi connectivity index (χ3v) is 9.13. The first-order valence-corrected chi connectivity index (χ1v) is 12.9. The molecular formula is C22H22ClN3O3S2. The molecule has 1 aromatic heterocycles. The molecule has 0 spiro atoms. The normalized spacial score (nSPS) is 19.2. The second-order valence-electron chi connectivity index (χ2n) is 8.00. The van der Waals surface area contributed by atoms with Crippen LogP contribution in [0.25, 0.3) is 10.1 Å². The second kappa shape index (κ2) is 8.18. The minimum absolute atomic E-state index is 0.177. The molecule has 2 N–H and O–H groups in total. The van der Waals surface area contributed by atoms with E-state index >= 15 is 0 Å². The molecule has 2 aromatic carbocycles. The van der Waals surface area contributed by atoms with Crippen LogP contribution in [0.15, 0.2) is 46.7 Å². The highest BCUT2D eigenvalue weighted by Crippen LogP contribution is 2.31. The standard InChI is InChI=1S/C22H22ClN3O3S2/c23-18-4-3-16-10-21(30-20(16)11-18)31(28,29)25-19-6-8-26(22(19)27)13-14-1-2-15-5-7-24-12-17(15)9-14/h1-4,9-11,19,24-25H,5-8,12-13H2/t19-/m0/s1. The SMILES string of the molecule is O=C1[C@@H](NS(=O)(=O)c2cc3ccc(Cl)cc3s2)CCN1Cc1ccc2c(c1)CNCC2. The van der Waals surface area contributed by atoms with Crippen molar-refractivity contribution in [2.45, 2.75) is 36.2 Å². The van der Waals surface area contributed by atoms with E-state index < -0.39 is 16.1 Å². The van der Waals surface area contributed by atoms with Crippen molar-refractivity contribution in [3.8, 4) is 0 Å². The van der Waals surface area contributed by atoms with E-state index in [1.165, 1.54) is 11.1 Å². The number of likely N-dealkylation sites (tertiary alicyclic amines) is 1. The van der Waals surface area contributed by atoms with Crippen LogP contribution in [0.4, 0.5) is 0 Å². The van der Waals surface area contributed by atoms with E-state index in [0.717, 1.165) is 46.5 Å². The first-order chi connectivity index (χ1) is 14.9. The smallest absolute Gasteiger partial charge is 0.250 e. The molecule has 1 fully saturated rings. The molecule has 0 radical (unpaired) electrons. The maximum Gasteiger partial charge on any atom is 0.250 e. The van der Waals surface area contributed by atoms with E-state index in [-0.39, 0.29) is 10.1 Å². The molecule has 1 atom stereocenters. The van der Waals surface area contributed by atoms with Crippen molar-refractivity contribution in [3.63, 3.8) is 0 Å². The minimum atomic E-state index is -3.79. The Morgan fingerprint density at radius 1 is 1.16 bits per heavy atom. The molecule has 3 aromatic rings. The van der Waals surface area contributed by atoms with E-state index in [1.54, 1.807) is 29.2 Å². The van der Waals surface area contributed by atoms with Crippen molar-refractivity contribution in [2.24, 2.45) is 0 Å². The molecule has 6 nitrogen and oxygen atoms in total. The van der Waals surface area contributed by atoms with Gasteiger partial charge in [0.05, 0.1) is 0 Å². The number of thiophene rings is 1. The van der Waals surface area contributed by atoms with Gasteiger partial charge in [-0.2, -0.15) is 4.72 Å². The van der Waals surface area contributed by atoms with Gasteiger partial charge in [-0.3, -0.25) is 4.79 Å². The van der Waals surface area contributed by atoms with Crippen LogP contribution in [0, 0.1) is 0 Å². The van der Waals surface area contributed by atoms with Crippen molar-refractivity contribution >= 4 is 49.0 Å². The van der Waals surface area contributed by atoms with E-state index in [1.807, 2.05) is 0 Å². The molecule has 0 unspecified atom stereocenters. The maximum atomic E-state index is 12.9. The van der Waals surface area contributed by atoms with Gasteiger partial charge in [0.15, 0.2) is 0 Å². The molecule has 0 saturated carbocycles. The maximum absolute atomic E-state index is 12.9. The highest BCUT2D eigenvalue weighted by Gasteiger charge is 2.35. The zero-order valence-electron chi connectivity index (χ0n) is 16.7. The van der Waals surface area contributed by atoms with Gasteiger partial charge in [0.1, 0.15) is 10.3 Å². The number of nitrogens with zero attached hydrogens (tertiary/aromatic N) is 1. The zero-order valence-corrected chi connectivity index (χ0v) is 19.1. The topological polar surface area (TPSA) is 78.5 Å². The summed E-state index contributed by atoms with van der Waals surface area (Å²) >= 11 is 7.16. The summed E-state index contributed by atoms with van der Waals surface area (Å²) in [5.74, 6) is -0.177. The molecule has 31 heavy (non-hydrogen) atoms. The number of amides is 1. The van der Waals surface area contributed by atoms with Crippen molar-refractivity contribution in [3.05, 3.63) is 64.2 Å². The zero-order chi connectivity index (χ0) is 21.6. The number of halogens is 1. The predicted molar refractivity (Wildman–Crippen MR) is 123 cm³/mol. The van der Waals surface area contributed by atoms with Gasteiger partial charge in [0.25, 0.3) is 10.0 Å². The number of fused-ring (bicyclic) bond motifs is 2. The Morgan fingerprint density at radius 2 is 2.03 bits per heavy atom. The molecule has 1 amide bonds. The number of carbonyl (C=O) groups excluding carboxylic acids is 1. The van der Waals surface area contributed by atoms with Crippen molar-refractivity contribution in [2.75, 3.05) is 13.1 Å². The van der Waals surface area contributed by atoms with Gasteiger partial charge in [0, 0.05) is 29.4 Å². The molecule has 2 aliphatic rings. The van der Waals surface area contributed by atoms with Crippen molar-refractivity contribution in [1.82, 2.24) is 14.9 Å². The lowest BCUT2D eigenvalue weighted by atomic mass is 9.98. The number of hydrogen-bond donors (Lipinski definition) is 2. The van der Waals surface area contributed by atoms with Gasteiger partial charge in [-0.15, -0.1) is 11.3 Å². The Bertz CT molecular complexity index is 1270. The molecule has 2 aliphatic heterocycles. The van der Waals surface area contributed by atoms with Crippen LogP contribution in [-0.4, -0.2) is 38.4 Å². The predicted octanol–water partition coefficient (Wildman–Crippen LogP) is 3.28. The number of rotatable bonds is 5. The quantitative estimate of drug-likeness (QED) is 0.593. The van der Waals surface area contributed by atoms with Gasteiger partial charge in [-0.1, -0.05) is 35.9 Å². The van der Waals surface area contributed by atoms with Gasteiger partial charge in [0.2, 0.25) is 5.91 Å². The lowest BCUT2D eigenvalue weighted by molar-refractivity contribution is -0.129. The van der Waals surface area contributed by atoms with Crippen LogP contribution < -0.4 is 10.0 Å². The molecule has 0 bridgehead atoms. The Balaban J connectivity index is 1.29. The van der Waals surface area contributed by atoms with E-state index in [0.29, 0.717) is 24.5 Å². The molecule has 162 valence electrons. The van der Waals surface area contributed by atoms with Crippen LogP contribution in [0.2, 0.25) is 5.02 Å². The Morgan fingerprint density at radius 3 is 2.90 bits per heavy atom. The summed E-state index contributed by atoms with van der Waals surface area (Å²) in [6.07, 6.45) is 1.48. The number of benzene rings is 2. The average Bonchev–Trinajstić information content (AvgIpc) is 3.32. The van der Waals surface area contributed by atoms with E-state index in [4.69, 9.17) is 11.6 Å². The number of carbonyl (C=O) groups is 1. The van der Waals surface area contributed by atoms with Gasteiger partial charge in [-0.25, -0.2) is 8.42 Å². The fourth-order valence-electron chi connectivity index (χ4n) is 4.22. The van der Waals surface area contributed by atoms with E-state index in [2.05, 4.69) is 28.2 Å². The van der Waals surface area contributed by atoms with Crippen molar-refractivity contribution < 1.29 is 13.2 Å². The average molecular weight is 476 g/mol. The van der Waals surface area contributed by atoms with E-state index in [9.17, 15) is 13.2 Å². The minimum Gasteiger partial charge on any atom is -0.337 e. The molecular weight excluding hydrogens is 454 g/mol. The summed E-state index contributed by atoms with van der Waals surface area (Å²) in [6.45, 7) is 2.86. The molecule has 3 heterocycles. The largest absolute Gasteiger partial charge is 0.337 e. The van der Waals surface area contributed by atoms with Gasteiger partial charge >= 0.3 is 0 Å². The van der Waals surface area contributed by atoms with Crippen LogP contribution in [0.3, 0.4) is 0 Å². The first-order valence-electron chi connectivity index (χ1n) is 10.2. The second-order valence-corrected chi connectivity index (χ2v) is 11.5. The third-order valence-electron chi connectivity index (χ3n) is 5.85. The van der Waals surface area contributed by atoms with Crippen LogP contribution in [0.5, 0.6) is 0 Å². The fourth-order valence-corrected chi connectivity index (χ4v) is 7.13. The summed E-state index contributed by atoms with van der Waals surface area (Å²) in [5, 5.41) is 4.74. The van der Waals surface area contributed by atoms with Gasteiger partial charge < -0.3 is 10.2 Å². The summed E-state index contributed by atoms with van der Waals surface area (Å²) < 4.78 is 29.4.